The van der Waals surface area contributed by atoms with Crippen LogP contribution in [0, 0.1) is 10.1 Å². The fourth-order valence-electron chi connectivity index (χ4n) is 1.94. The van der Waals surface area contributed by atoms with Crippen molar-refractivity contribution in [2.45, 2.75) is 6.92 Å². The Morgan fingerprint density at radius 3 is 2.88 bits per heavy atom. The number of ether oxygens (including phenoxy) is 1. The number of aromatic hydroxyl groups is 1. The van der Waals surface area contributed by atoms with E-state index in [4.69, 9.17) is 17.0 Å². The van der Waals surface area contributed by atoms with Gasteiger partial charge in [-0.25, -0.2) is 0 Å². The van der Waals surface area contributed by atoms with Crippen molar-refractivity contribution in [2.24, 2.45) is 5.10 Å². The number of rotatable bonds is 6. The van der Waals surface area contributed by atoms with Crippen LogP contribution in [0.2, 0.25) is 0 Å². The molecule has 0 aliphatic carbocycles. The van der Waals surface area contributed by atoms with Gasteiger partial charge in [0.25, 0.3) is 5.69 Å². The summed E-state index contributed by atoms with van der Waals surface area (Å²) in [5.41, 5.74) is 3.44. The largest absolute Gasteiger partial charge is 0.504 e. The number of nitro benzene ring substituents is 1. The molecule has 2 aromatic carbocycles. The van der Waals surface area contributed by atoms with Crippen LogP contribution in [0.15, 0.2) is 47.6 Å². The molecule has 2 aromatic rings. The Labute approximate surface area is 149 Å². The molecule has 0 atom stereocenters. The number of hydrogen-bond acceptors (Lipinski definition) is 6. The summed E-state index contributed by atoms with van der Waals surface area (Å²) in [6.07, 6.45) is 1.48. The maximum Gasteiger partial charge on any atom is 0.292 e. The van der Waals surface area contributed by atoms with Crippen LogP contribution < -0.4 is 15.5 Å². The first kappa shape index (κ1) is 18.1. The third-order valence-electron chi connectivity index (χ3n) is 3.01. The number of phenols is 1. The molecule has 0 bridgehead atoms. The predicted molar refractivity (Wildman–Crippen MR) is 99.3 cm³/mol. The molecule has 0 aromatic heterocycles. The number of anilines is 1. The average Bonchev–Trinajstić information content (AvgIpc) is 2.58. The van der Waals surface area contributed by atoms with Crippen LogP contribution in [0.25, 0.3) is 0 Å². The molecule has 3 N–H and O–H groups in total. The fraction of sp³-hybridized carbons (Fsp3) is 0.125. The van der Waals surface area contributed by atoms with Gasteiger partial charge in [0.05, 0.1) is 17.7 Å². The summed E-state index contributed by atoms with van der Waals surface area (Å²) in [4.78, 5) is 10.5. The number of phenolic OH excluding ortho intramolecular Hbond substituents is 1. The lowest BCUT2D eigenvalue weighted by Gasteiger charge is -2.08. The normalized spacial score (nSPS) is 10.4. The van der Waals surface area contributed by atoms with E-state index in [0.29, 0.717) is 17.9 Å². The van der Waals surface area contributed by atoms with Crippen LogP contribution in [0.1, 0.15) is 12.5 Å². The second kappa shape index (κ2) is 8.60. The molecule has 130 valence electrons. The van der Waals surface area contributed by atoms with Crippen molar-refractivity contribution >= 4 is 34.9 Å². The van der Waals surface area contributed by atoms with Crippen molar-refractivity contribution < 1.29 is 14.8 Å². The van der Waals surface area contributed by atoms with E-state index in [0.717, 1.165) is 0 Å². The highest BCUT2D eigenvalue weighted by Crippen LogP contribution is 2.26. The molecule has 0 saturated heterocycles. The van der Waals surface area contributed by atoms with Crippen LogP contribution in [0.3, 0.4) is 0 Å². The molecule has 8 nitrogen and oxygen atoms in total. The number of thiocarbonyl (C=S) groups is 1. The molecule has 25 heavy (non-hydrogen) atoms. The van der Waals surface area contributed by atoms with Crippen molar-refractivity contribution in [3.63, 3.8) is 0 Å². The van der Waals surface area contributed by atoms with Crippen molar-refractivity contribution in [2.75, 3.05) is 11.9 Å². The van der Waals surface area contributed by atoms with Crippen LogP contribution in [0.5, 0.6) is 11.5 Å². The molecular weight excluding hydrogens is 344 g/mol. The number of nitrogens with zero attached hydrogens (tertiary/aromatic N) is 2. The zero-order valence-corrected chi connectivity index (χ0v) is 14.1. The van der Waals surface area contributed by atoms with Crippen molar-refractivity contribution in [1.82, 2.24) is 5.43 Å². The first-order valence-corrected chi connectivity index (χ1v) is 7.71. The molecule has 2 rings (SSSR count). The number of nitro groups is 1. The molecule has 0 spiro atoms. The van der Waals surface area contributed by atoms with E-state index in [1.807, 2.05) is 6.92 Å². The lowest BCUT2D eigenvalue weighted by Crippen LogP contribution is -2.24. The van der Waals surface area contributed by atoms with Gasteiger partial charge in [0, 0.05) is 6.07 Å². The number of hydrazone groups is 1. The van der Waals surface area contributed by atoms with E-state index in [2.05, 4.69) is 15.8 Å². The van der Waals surface area contributed by atoms with Crippen LogP contribution in [-0.2, 0) is 0 Å². The molecule has 0 fully saturated rings. The number of nitrogens with one attached hydrogen (secondary N) is 2. The Bertz CT molecular complexity index is 810. The summed E-state index contributed by atoms with van der Waals surface area (Å²) in [5.74, 6) is 0.396. The van der Waals surface area contributed by atoms with Crippen LogP contribution in [0.4, 0.5) is 11.4 Å². The highest BCUT2D eigenvalue weighted by atomic mass is 32.1. The average molecular weight is 360 g/mol. The maximum atomic E-state index is 11.0. The summed E-state index contributed by atoms with van der Waals surface area (Å²) < 4.78 is 5.29. The van der Waals surface area contributed by atoms with E-state index >= 15 is 0 Å². The quantitative estimate of drug-likeness (QED) is 0.314. The zero-order valence-electron chi connectivity index (χ0n) is 13.3. The van der Waals surface area contributed by atoms with E-state index in [-0.39, 0.29) is 22.2 Å². The standard InChI is InChI=1S/C16H16N4O4S/c1-2-24-15-9-11(7-8-14(15)21)10-17-19-16(25)18-12-5-3-4-6-13(12)20(22)23/h3-10,21H,2H2,1H3,(H2,18,19,25)/b17-10+. The Kier molecular flexibility index (Phi) is 6.24. The van der Waals surface area contributed by atoms with Gasteiger partial charge in [-0.15, -0.1) is 0 Å². The van der Waals surface area contributed by atoms with Gasteiger partial charge in [-0.05, 0) is 49.0 Å². The van der Waals surface area contributed by atoms with Crippen LogP contribution >= 0.6 is 12.2 Å². The fourth-order valence-corrected chi connectivity index (χ4v) is 2.10. The molecule has 0 radical (unpaired) electrons. The van der Waals surface area contributed by atoms with Gasteiger partial charge in [-0.1, -0.05) is 12.1 Å². The minimum atomic E-state index is -0.500. The summed E-state index contributed by atoms with van der Waals surface area (Å²) >= 11 is 5.06. The topological polar surface area (TPSA) is 109 Å². The third kappa shape index (κ3) is 5.15. The highest BCUT2D eigenvalue weighted by Gasteiger charge is 2.12. The molecule has 9 heteroatoms. The molecular formula is C16H16N4O4S. The lowest BCUT2D eigenvalue weighted by atomic mass is 10.2. The molecule has 0 heterocycles. The Morgan fingerprint density at radius 1 is 1.40 bits per heavy atom. The predicted octanol–water partition coefficient (Wildman–Crippen LogP) is 3.02. The van der Waals surface area contributed by atoms with Gasteiger partial charge >= 0.3 is 0 Å². The molecule has 0 saturated carbocycles. The van der Waals surface area contributed by atoms with Crippen molar-refractivity contribution in [3.05, 3.63) is 58.1 Å². The van der Waals surface area contributed by atoms with Crippen molar-refractivity contribution in [1.29, 1.82) is 0 Å². The maximum absolute atomic E-state index is 11.0. The summed E-state index contributed by atoms with van der Waals surface area (Å²) in [7, 11) is 0. The first-order valence-electron chi connectivity index (χ1n) is 7.30. The number of hydrogen-bond donors (Lipinski definition) is 3. The second-order valence-electron chi connectivity index (χ2n) is 4.76. The number of benzene rings is 2. The molecule has 0 amide bonds. The monoisotopic (exact) mass is 360 g/mol. The Balaban J connectivity index is 1.99. The van der Waals surface area contributed by atoms with Crippen LogP contribution in [-0.4, -0.2) is 28.0 Å². The summed E-state index contributed by atoms with van der Waals surface area (Å²) in [6.45, 7) is 2.24. The van der Waals surface area contributed by atoms with Gasteiger partial charge in [0.1, 0.15) is 5.69 Å². The van der Waals surface area contributed by atoms with E-state index in [9.17, 15) is 15.2 Å². The Morgan fingerprint density at radius 2 is 2.16 bits per heavy atom. The highest BCUT2D eigenvalue weighted by molar-refractivity contribution is 7.80. The first-order chi connectivity index (χ1) is 12.0. The van der Waals surface area contributed by atoms with Gasteiger partial charge in [0.2, 0.25) is 0 Å². The minimum Gasteiger partial charge on any atom is -0.504 e. The second-order valence-corrected chi connectivity index (χ2v) is 5.17. The van der Waals surface area contributed by atoms with Gasteiger partial charge < -0.3 is 15.2 Å². The van der Waals surface area contributed by atoms with Gasteiger partial charge in [0.15, 0.2) is 16.6 Å². The molecule has 0 aliphatic heterocycles. The van der Waals surface area contributed by atoms with Gasteiger partial charge in [-0.3, -0.25) is 15.5 Å². The minimum absolute atomic E-state index is 0.0422. The number of para-hydroxylation sites is 2. The SMILES string of the molecule is CCOc1cc(/C=N/NC(=S)Nc2ccccc2[N+](=O)[O-])ccc1O. The van der Waals surface area contributed by atoms with Gasteiger partial charge in [-0.2, -0.15) is 5.10 Å². The van der Waals surface area contributed by atoms with E-state index in [1.54, 1.807) is 30.3 Å². The van der Waals surface area contributed by atoms with E-state index in [1.165, 1.54) is 18.3 Å². The zero-order chi connectivity index (χ0) is 18.2. The Hall–Kier alpha value is -3.20. The third-order valence-corrected chi connectivity index (χ3v) is 3.21. The molecule has 0 unspecified atom stereocenters. The molecule has 0 aliphatic rings. The summed E-state index contributed by atoms with van der Waals surface area (Å²) in [5, 5.41) is 27.4. The lowest BCUT2D eigenvalue weighted by molar-refractivity contribution is -0.383. The smallest absolute Gasteiger partial charge is 0.292 e. The van der Waals surface area contributed by atoms with Crippen molar-refractivity contribution in [3.8, 4) is 11.5 Å². The van der Waals surface area contributed by atoms with E-state index < -0.39 is 4.92 Å². The summed E-state index contributed by atoms with van der Waals surface area (Å²) in [6, 6.07) is 10.9.